The van der Waals surface area contributed by atoms with Crippen molar-refractivity contribution in [2.24, 2.45) is 0 Å². The summed E-state index contributed by atoms with van der Waals surface area (Å²) in [7, 11) is 0. The Morgan fingerprint density at radius 2 is 2.06 bits per heavy atom. The predicted octanol–water partition coefficient (Wildman–Crippen LogP) is 2.85. The van der Waals surface area contributed by atoms with Crippen LogP contribution in [0.4, 0.5) is 0 Å². The molecule has 0 atom stereocenters. The molecule has 0 amide bonds. The molecule has 1 aliphatic heterocycles. The molecular weight excluding hydrogens is 248 g/mol. The van der Waals surface area contributed by atoms with Crippen LogP contribution in [0.1, 0.15) is 30.7 Å². The van der Waals surface area contributed by atoms with Gasteiger partial charge in [0.2, 0.25) is 0 Å². The van der Waals surface area contributed by atoms with Gasteiger partial charge in [-0.25, -0.2) is 4.98 Å². The van der Waals surface area contributed by atoms with Crippen LogP contribution in [-0.2, 0) is 13.0 Å². The zero-order valence-electron chi connectivity index (χ0n) is 10.5. The highest BCUT2D eigenvalue weighted by Gasteiger charge is 2.13. The van der Waals surface area contributed by atoms with Gasteiger partial charge in [-0.05, 0) is 31.4 Å². The minimum absolute atomic E-state index is 0. The van der Waals surface area contributed by atoms with Gasteiger partial charge in [0.25, 0.3) is 5.56 Å². The lowest BCUT2D eigenvalue weighted by atomic mass is 10.1. The number of hydrogen-bond donors (Lipinski definition) is 0. The van der Waals surface area contributed by atoms with E-state index in [1.807, 2.05) is 29.7 Å². The molecule has 4 heteroatoms. The number of hydrogen-bond acceptors (Lipinski definition) is 2. The van der Waals surface area contributed by atoms with E-state index in [1.54, 1.807) is 0 Å². The third-order valence-electron chi connectivity index (χ3n) is 3.55. The maximum atomic E-state index is 12.4. The Bertz CT molecular complexity index is 633. The number of aromatic nitrogens is 2. The number of fused-ring (bicyclic) bond motifs is 2. The molecule has 18 heavy (non-hydrogen) atoms. The lowest BCUT2D eigenvalue weighted by molar-refractivity contribution is 0.614. The maximum Gasteiger partial charge on any atom is 0.261 e. The Hall–Kier alpha value is -1.35. The van der Waals surface area contributed by atoms with E-state index in [4.69, 9.17) is 4.98 Å². The molecule has 1 aromatic carbocycles. The maximum absolute atomic E-state index is 12.4. The second kappa shape index (κ2) is 5.11. The molecule has 0 radical (unpaired) electrons. The molecule has 1 aromatic heterocycles. The zero-order valence-corrected chi connectivity index (χ0v) is 11.3. The van der Waals surface area contributed by atoms with Gasteiger partial charge >= 0.3 is 0 Å². The molecule has 0 fully saturated rings. The van der Waals surface area contributed by atoms with Crippen LogP contribution in [0.5, 0.6) is 0 Å². The first kappa shape index (κ1) is 13.1. The van der Waals surface area contributed by atoms with Crippen molar-refractivity contribution in [1.29, 1.82) is 0 Å². The monoisotopic (exact) mass is 264 g/mol. The Morgan fingerprint density at radius 3 is 2.89 bits per heavy atom. The SMILES string of the molecule is Cc1cccc2c(=O)n3c(nc12)CCCCC3.Cl. The summed E-state index contributed by atoms with van der Waals surface area (Å²) >= 11 is 0. The third-order valence-corrected chi connectivity index (χ3v) is 3.55. The zero-order chi connectivity index (χ0) is 11.8. The van der Waals surface area contributed by atoms with E-state index in [0.717, 1.165) is 48.1 Å². The summed E-state index contributed by atoms with van der Waals surface area (Å²) in [5.74, 6) is 0.967. The molecule has 0 N–H and O–H groups in total. The van der Waals surface area contributed by atoms with E-state index >= 15 is 0 Å². The van der Waals surface area contributed by atoms with Gasteiger partial charge in [-0.2, -0.15) is 0 Å². The van der Waals surface area contributed by atoms with Crippen LogP contribution in [0, 0.1) is 6.92 Å². The molecule has 0 bridgehead atoms. The fourth-order valence-electron chi connectivity index (χ4n) is 2.58. The van der Waals surface area contributed by atoms with Gasteiger partial charge in [0.15, 0.2) is 0 Å². The van der Waals surface area contributed by atoms with Gasteiger partial charge in [-0.3, -0.25) is 9.36 Å². The molecule has 0 spiro atoms. The molecule has 0 saturated carbocycles. The quantitative estimate of drug-likeness (QED) is 0.733. The van der Waals surface area contributed by atoms with E-state index in [0.29, 0.717) is 0 Å². The summed E-state index contributed by atoms with van der Waals surface area (Å²) in [6, 6.07) is 5.84. The summed E-state index contributed by atoms with van der Waals surface area (Å²) in [5.41, 5.74) is 2.11. The number of halogens is 1. The molecule has 3 rings (SSSR count). The topological polar surface area (TPSA) is 34.9 Å². The first-order chi connectivity index (χ1) is 8.27. The van der Waals surface area contributed by atoms with Crippen LogP contribution in [-0.4, -0.2) is 9.55 Å². The number of benzene rings is 1. The lowest BCUT2D eigenvalue weighted by Crippen LogP contribution is -2.24. The summed E-state index contributed by atoms with van der Waals surface area (Å²) in [4.78, 5) is 17.1. The van der Waals surface area contributed by atoms with Crippen molar-refractivity contribution in [1.82, 2.24) is 9.55 Å². The van der Waals surface area contributed by atoms with Gasteiger partial charge in [-0.15, -0.1) is 12.4 Å². The van der Waals surface area contributed by atoms with Crippen molar-refractivity contribution in [3.05, 3.63) is 39.9 Å². The van der Waals surface area contributed by atoms with Crippen LogP contribution >= 0.6 is 12.4 Å². The highest BCUT2D eigenvalue weighted by atomic mass is 35.5. The first-order valence-corrected chi connectivity index (χ1v) is 6.26. The Kier molecular flexibility index (Phi) is 3.71. The van der Waals surface area contributed by atoms with E-state index in [2.05, 4.69) is 0 Å². The molecule has 0 aliphatic carbocycles. The minimum atomic E-state index is 0. The fourth-order valence-corrected chi connectivity index (χ4v) is 2.58. The average Bonchev–Trinajstić information content (AvgIpc) is 2.56. The normalized spacial score (nSPS) is 14.7. The van der Waals surface area contributed by atoms with E-state index in [1.165, 1.54) is 6.42 Å². The minimum Gasteiger partial charge on any atom is -0.296 e. The third kappa shape index (κ3) is 2.03. The van der Waals surface area contributed by atoms with Crippen molar-refractivity contribution < 1.29 is 0 Å². The molecule has 2 heterocycles. The predicted molar refractivity (Wildman–Crippen MR) is 75.5 cm³/mol. The molecule has 3 nitrogen and oxygen atoms in total. The number of aryl methyl sites for hydroxylation is 2. The number of rotatable bonds is 0. The Morgan fingerprint density at radius 1 is 1.22 bits per heavy atom. The van der Waals surface area contributed by atoms with E-state index < -0.39 is 0 Å². The van der Waals surface area contributed by atoms with Gasteiger partial charge < -0.3 is 0 Å². The second-order valence-electron chi connectivity index (χ2n) is 4.77. The van der Waals surface area contributed by atoms with Gasteiger partial charge in [0.05, 0.1) is 10.9 Å². The lowest BCUT2D eigenvalue weighted by Gasteiger charge is -2.10. The fraction of sp³-hybridized carbons (Fsp3) is 0.429. The van der Waals surface area contributed by atoms with Gasteiger partial charge in [0, 0.05) is 13.0 Å². The van der Waals surface area contributed by atoms with Gasteiger partial charge in [0.1, 0.15) is 5.82 Å². The van der Waals surface area contributed by atoms with Crippen molar-refractivity contribution in [2.75, 3.05) is 0 Å². The van der Waals surface area contributed by atoms with Crippen molar-refractivity contribution >= 4 is 23.3 Å². The van der Waals surface area contributed by atoms with Gasteiger partial charge in [-0.1, -0.05) is 18.6 Å². The van der Waals surface area contributed by atoms with Crippen LogP contribution in [0.15, 0.2) is 23.0 Å². The summed E-state index contributed by atoms with van der Waals surface area (Å²) < 4.78 is 1.87. The standard InChI is InChI=1S/C14H16N2O.ClH/c1-10-6-5-7-11-13(10)15-12-8-3-2-4-9-16(12)14(11)17;/h5-7H,2-4,8-9H2,1H3;1H. The highest BCUT2D eigenvalue weighted by Crippen LogP contribution is 2.17. The molecule has 96 valence electrons. The van der Waals surface area contributed by atoms with Crippen LogP contribution in [0.2, 0.25) is 0 Å². The number of nitrogens with zero attached hydrogens (tertiary/aromatic N) is 2. The molecule has 2 aromatic rings. The van der Waals surface area contributed by atoms with E-state index in [9.17, 15) is 4.79 Å². The Labute approximate surface area is 112 Å². The number of para-hydroxylation sites is 1. The second-order valence-corrected chi connectivity index (χ2v) is 4.77. The van der Waals surface area contributed by atoms with Crippen molar-refractivity contribution in [3.8, 4) is 0 Å². The smallest absolute Gasteiger partial charge is 0.261 e. The van der Waals surface area contributed by atoms with E-state index in [-0.39, 0.29) is 18.0 Å². The molecular formula is C14H17ClN2O. The van der Waals surface area contributed by atoms with Crippen LogP contribution < -0.4 is 5.56 Å². The Balaban J connectivity index is 0.00000120. The molecule has 0 unspecified atom stereocenters. The van der Waals surface area contributed by atoms with Crippen LogP contribution in [0.25, 0.3) is 10.9 Å². The summed E-state index contributed by atoms with van der Waals surface area (Å²) in [5, 5.41) is 0.760. The highest BCUT2D eigenvalue weighted by molar-refractivity contribution is 5.85. The van der Waals surface area contributed by atoms with Crippen LogP contribution in [0.3, 0.4) is 0 Å². The summed E-state index contributed by atoms with van der Waals surface area (Å²) in [6.07, 6.45) is 4.35. The largest absolute Gasteiger partial charge is 0.296 e. The summed E-state index contributed by atoms with van der Waals surface area (Å²) in [6.45, 7) is 2.84. The molecule has 0 saturated heterocycles. The van der Waals surface area contributed by atoms with Crippen molar-refractivity contribution in [3.63, 3.8) is 0 Å². The molecule has 1 aliphatic rings. The van der Waals surface area contributed by atoms with Crippen molar-refractivity contribution in [2.45, 2.75) is 39.2 Å². The first-order valence-electron chi connectivity index (χ1n) is 6.26. The average molecular weight is 265 g/mol.